The molecule has 0 radical (unpaired) electrons. The first-order valence-corrected chi connectivity index (χ1v) is 10.3. The molecule has 1 fully saturated rings. The van der Waals surface area contributed by atoms with Crippen LogP contribution in [0.25, 0.3) is 6.08 Å². The SMILES string of the molecule is O=C(/C=C/c1ccco1)NCCS(=O)(=O)N1CCN(c2ccccn2)CC1. The number of carbonyl (C=O) groups is 1. The van der Waals surface area contributed by atoms with Gasteiger partial charge in [0.2, 0.25) is 15.9 Å². The van der Waals surface area contributed by atoms with Crippen LogP contribution in [0.1, 0.15) is 5.76 Å². The van der Waals surface area contributed by atoms with Gasteiger partial charge in [0.1, 0.15) is 11.6 Å². The Kier molecular flexibility index (Phi) is 6.25. The van der Waals surface area contributed by atoms with Crippen molar-refractivity contribution in [2.24, 2.45) is 0 Å². The molecule has 2 aromatic rings. The first kappa shape index (κ1) is 19.1. The number of carbonyl (C=O) groups excluding carboxylic acids is 1. The number of piperazine rings is 1. The van der Waals surface area contributed by atoms with E-state index in [0.717, 1.165) is 5.82 Å². The molecule has 3 heterocycles. The minimum atomic E-state index is -3.41. The molecule has 2 aromatic heterocycles. The van der Waals surface area contributed by atoms with E-state index in [4.69, 9.17) is 4.42 Å². The molecule has 1 N–H and O–H groups in total. The Labute approximate surface area is 158 Å². The summed E-state index contributed by atoms with van der Waals surface area (Å²) in [6.07, 6.45) is 6.08. The summed E-state index contributed by atoms with van der Waals surface area (Å²) >= 11 is 0. The largest absolute Gasteiger partial charge is 0.465 e. The van der Waals surface area contributed by atoms with E-state index >= 15 is 0 Å². The third-order valence-corrected chi connectivity index (χ3v) is 6.08. The van der Waals surface area contributed by atoms with Crippen molar-refractivity contribution in [2.75, 3.05) is 43.4 Å². The molecule has 9 heteroatoms. The van der Waals surface area contributed by atoms with E-state index in [1.165, 1.54) is 22.7 Å². The second-order valence-electron chi connectivity index (χ2n) is 6.03. The number of nitrogens with zero attached hydrogens (tertiary/aromatic N) is 3. The Morgan fingerprint density at radius 3 is 2.67 bits per heavy atom. The summed E-state index contributed by atoms with van der Waals surface area (Å²) in [6, 6.07) is 9.11. The Morgan fingerprint density at radius 1 is 1.19 bits per heavy atom. The van der Waals surface area contributed by atoms with Crippen LogP contribution in [0.4, 0.5) is 5.82 Å². The topological polar surface area (TPSA) is 95.7 Å². The Balaban J connectivity index is 1.43. The highest BCUT2D eigenvalue weighted by Crippen LogP contribution is 2.14. The maximum Gasteiger partial charge on any atom is 0.244 e. The third kappa shape index (κ3) is 5.41. The van der Waals surface area contributed by atoms with Crippen molar-refractivity contribution in [3.05, 3.63) is 54.6 Å². The molecule has 0 atom stereocenters. The van der Waals surface area contributed by atoms with Crippen LogP contribution in [0.2, 0.25) is 0 Å². The second kappa shape index (κ2) is 8.83. The lowest BCUT2D eigenvalue weighted by molar-refractivity contribution is -0.116. The predicted molar refractivity (Wildman–Crippen MR) is 103 cm³/mol. The zero-order valence-electron chi connectivity index (χ0n) is 14.8. The molecule has 1 aliphatic heterocycles. The van der Waals surface area contributed by atoms with Crippen molar-refractivity contribution in [2.45, 2.75) is 0 Å². The maximum atomic E-state index is 12.5. The molecule has 1 aliphatic rings. The van der Waals surface area contributed by atoms with Gasteiger partial charge in [-0.1, -0.05) is 6.07 Å². The van der Waals surface area contributed by atoms with Gasteiger partial charge in [-0.3, -0.25) is 4.79 Å². The van der Waals surface area contributed by atoms with Crippen LogP contribution in [0.5, 0.6) is 0 Å². The van der Waals surface area contributed by atoms with E-state index < -0.39 is 10.0 Å². The Morgan fingerprint density at radius 2 is 2.00 bits per heavy atom. The highest BCUT2D eigenvalue weighted by Gasteiger charge is 2.27. The average Bonchev–Trinajstić information content (AvgIpc) is 3.21. The van der Waals surface area contributed by atoms with Crippen LogP contribution in [-0.4, -0.2) is 62.1 Å². The summed E-state index contributed by atoms with van der Waals surface area (Å²) < 4.78 is 31.5. The lowest BCUT2D eigenvalue weighted by atomic mass is 10.3. The van der Waals surface area contributed by atoms with Gasteiger partial charge in [-0.2, -0.15) is 4.31 Å². The van der Waals surface area contributed by atoms with Crippen LogP contribution in [-0.2, 0) is 14.8 Å². The van der Waals surface area contributed by atoms with Gasteiger partial charge in [0.25, 0.3) is 0 Å². The zero-order chi connectivity index (χ0) is 19.1. The quantitative estimate of drug-likeness (QED) is 0.708. The van der Waals surface area contributed by atoms with Crippen LogP contribution in [0.3, 0.4) is 0 Å². The maximum absolute atomic E-state index is 12.5. The molecule has 144 valence electrons. The van der Waals surface area contributed by atoms with E-state index in [1.54, 1.807) is 18.3 Å². The summed E-state index contributed by atoms with van der Waals surface area (Å²) in [5, 5.41) is 2.58. The molecule has 8 nitrogen and oxygen atoms in total. The van der Waals surface area contributed by atoms with Crippen molar-refractivity contribution in [3.63, 3.8) is 0 Å². The minimum absolute atomic E-state index is 0.0596. The van der Waals surface area contributed by atoms with Gasteiger partial charge in [0.15, 0.2) is 0 Å². The fourth-order valence-electron chi connectivity index (χ4n) is 2.77. The minimum Gasteiger partial charge on any atom is -0.465 e. The predicted octanol–water partition coefficient (Wildman–Crippen LogP) is 0.956. The summed E-state index contributed by atoms with van der Waals surface area (Å²) in [6.45, 7) is 2.06. The highest BCUT2D eigenvalue weighted by molar-refractivity contribution is 7.89. The molecule has 0 unspecified atom stereocenters. The number of sulfonamides is 1. The van der Waals surface area contributed by atoms with E-state index in [9.17, 15) is 13.2 Å². The van der Waals surface area contributed by atoms with Crippen molar-refractivity contribution in [3.8, 4) is 0 Å². The second-order valence-corrected chi connectivity index (χ2v) is 8.12. The molecule has 0 spiro atoms. The van der Waals surface area contributed by atoms with Gasteiger partial charge in [-0.25, -0.2) is 13.4 Å². The molecular weight excluding hydrogens is 368 g/mol. The number of anilines is 1. The first-order chi connectivity index (χ1) is 13.0. The van der Waals surface area contributed by atoms with Gasteiger partial charge >= 0.3 is 0 Å². The molecule has 0 aromatic carbocycles. The van der Waals surface area contributed by atoms with Crippen LogP contribution in [0, 0.1) is 0 Å². The summed E-state index contributed by atoms with van der Waals surface area (Å²) in [5.41, 5.74) is 0. The average molecular weight is 390 g/mol. The molecule has 0 saturated carbocycles. The zero-order valence-corrected chi connectivity index (χ0v) is 15.6. The number of hydrogen-bond donors (Lipinski definition) is 1. The van der Waals surface area contributed by atoms with E-state index in [0.29, 0.717) is 31.9 Å². The summed E-state index contributed by atoms with van der Waals surface area (Å²) in [5.74, 6) is 0.923. The van der Waals surface area contributed by atoms with Crippen LogP contribution in [0.15, 0.2) is 53.3 Å². The highest BCUT2D eigenvalue weighted by atomic mass is 32.2. The Hall–Kier alpha value is -2.65. The summed E-state index contributed by atoms with van der Waals surface area (Å²) in [7, 11) is -3.41. The molecule has 1 saturated heterocycles. The number of rotatable bonds is 7. The number of furan rings is 1. The van der Waals surface area contributed by atoms with Gasteiger partial charge in [-0.15, -0.1) is 0 Å². The van der Waals surface area contributed by atoms with Gasteiger partial charge in [0.05, 0.1) is 12.0 Å². The number of aromatic nitrogens is 1. The first-order valence-electron chi connectivity index (χ1n) is 8.68. The standard InChI is InChI=1S/C18H22N4O4S/c23-18(7-6-16-4-3-14-26-16)20-9-15-27(24,25)22-12-10-21(11-13-22)17-5-1-2-8-19-17/h1-8,14H,9-13,15H2,(H,20,23)/b7-6+. The molecule has 27 heavy (non-hydrogen) atoms. The Bertz CT molecular complexity index is 858. The lowest BCUT2D eigenvalue weighted by Gasteiger charge is -2.34. The van der Waals surface area contributed by atoms with Gasteiger partial charge < -0.3 is 14.6 Å². The van der Waals surface area contributed by atoms with Crippen molar-refractivity contribution >= 4 is 27.8 Å². The van der Waals surface area contributed by atoms with E-state index in [-0.39, 0.29) is 18.2 Å². The smallest absolute Gasteiger partial charge is 0.244 e. The monoisotopic (exact) mass is 390 g/mol. The normalized spacial score (nSPS) is 15.9. The number of pyridine rings is 1. The van der Waals surface area contributed by atoms with Gasteiger partial charge in [0, 0.05) is 45.0 Å². The fraction of sp³-hybridized carbons (Fsp3) is 0.333. The van der Waals surface area contributed by atoms with Crippen molar-refractivity contribution in [1.82, 2.24) is 14.6 Å². The van der Waals surface area contributed by atoms with Crippen LogP contribution < -0.4 is 10.2 Å². The molecular formula is C18H22N4O4S. The molecule has 1 amide bonds. The number of nitrogens with one attached hydrogen (secondary N) is 1. The molecule has 0 bridgehead atoms. The summed E-state index contributed by atoms with van der Waals surface area (Å²) in [4.78, 5) is 18.1. The van der Waals surface area contributed by atoms with E-state index in [1.807, 2.05) is 18.2 Å². The number of hydrogen-bond acceptors (Lipinski definition) is 6. The van der Waals surface area contributed by atoms with Crippen molar-refractivity contribution < 1.29 is 17.6 Å². The number of amides is 1. The van der Waals surface area contributed by atoms with Crippen molar-refractivity contribution in [1.29, 1.82) is 0 Å². The third-order valence-electron chi connectivity index (χ3n) is 4.21. The van der Waals surface area contributed by atoms with E-state index in [2.05, 4.69) is 15.2 Å². The van der Waals surface area contributed by atoms with Crippen LogP contribution >= 0.6 is 0 Å². The fourth-order valence-corrected chi connectivity index (χ4v) is 4.11. The van der Waals surface area contributed by atoms with Gasteiger partial charge in [-0.05, 0) is 30.3 Å². The lowest BCUT2D eigenvalue weighted by Crippen LogP contribution is -2.50. The molecule has 3 rings (SSSR count). The molecule has 0 aliphatic carbocycles.